The van der Waals surface area contributed by atoms with Crippen molar-refractivity contribution in [2.24, 2.45) is 0 Å². The van der Waals surface area contributed by atoms with E-state index in [1.165, 1.54) is 19.3 Å². The van der Waals surface area contributed by atoms with Gasteiger partial charge in [0.05, 0.1) is 0 Å². The number of benzene rings is 1. The quantitative estimate of drug-likeness (QED) is 0.855. The molecule has 1 saturated carbocycles. The van der Waals surface area contributed by atoms with Gasteiger partial charge in [-0.05, 0) is 18.4 Å². The molecule has 2 rings (SSSR count). The predicted molar refractivity (Wildman–Crippen MR) is 71.2 cm³/mol. The highest BCUT2D eigenvalue weighted by atomic mass is 16.3. The van der Waals surface area contributed by atoms with E-state index in [2.05, 4.69) is 5.32 Å². The topological polar surface area (TPSA) is 49.3 Å². The molecule has 1 amide bonds. The minimum atomic E-state index is -0.936. The van der Waals surface area contributed by atoms with Crippen LogP contribution in [-0.2, 0) is 11.2 Å². The molecule has 0 spiro atoms. The van der Waals surface area contributed by atoms with Crippen molar-refractivity contribution < 1.29 is 9.90 Å². The van der Waals surface area contributed by atoms with Crippen molar-refractivity contribution in [1.82, 2.24) is 5.32 Å². The molecule has 0 radical (unpaired) electrons. The Bertz CT molecular complexity index is 371. The van der Waals surface area contributed by atoms with Gasteiger partial charge in [0.2, 0.25) is 5.91 Å². The third kappa shape index (κ3) is 3.84. The van der Waals surface area contributed by atoms with Crippen molar-refractivity contribution in [1.29, 1.82) is 0 Å². The highest BCUT2D eigenvalue weighted by Crippen LogP contribution is 2.17. The molecule has 1 atom stereocenters. The van der Waals surface area contributed by atoms with Crippen molar-refractivity contribution in [2.45, 2.75) is 50.7 Å². The summed E-state index contributed by atoms with van der Waals surface area (Å²) < 4.78 is 0. The van der Waals surface area contributed by atoms with Crippen molar-refractivity contribution in [2.75, 3.05) is 0 Å². The molecule has 1 aliphatic carbocycles. The molecule has 18 heavy (non-hydrogen) atoms. The summed E-state index contributed by atoms with van der Waals surface area (Å²) >= 11 is 0. The lowest BCUT2D eigenvalue weighted by Crippen LogP contribution is -2.43. The number of nitrogens with one attached hydrogen (secondary N) is 1. The largest absolute Gasteiger partial charge is 0.383 e. The second-order valence-electron chi connectivity index (χ2n) is 5.05. The van der Waals surface area contributed by atoms with E-state index in [1.54, 1.807) is 0 Å². The highest BCUT2D eigenvalue weighted by molar-refractivity contribution is 5.81. The number of carbonyl (C=O) groups is 1. The van der Waals surface area contributed by atoms with Crippen LogP contribution in [0.5, 0.6) is 0 Å². The van der Waals surface area contributed by atoms with Crippen molar-refractivity contribution >= 4 is 5.91 Å². The van der Waals surface area contributed by atoms with Crippen LogP contribution in [0.3, 0.4) is 0 Å². The molecule has 1 aliphatic rings. The fraction of sp³-hybridized carbons (Fsp3) is 0.533. The van der Waals surface area contributed by atoms with Crippen molar-refractivity contribution in [3.8, 4) is 0 Å². The number of rotatable bonds is 4. The Balaban J connectivity index is 1.81. The van der Waals surface area contributed by atoms with Crippen LogP contribution in [0.25, 0.3) is 0 Å². The van der Waals surface area contributed by atoms with Crippen molar-refractivity contribution in [3.63, 3.8) is 0 Å². The molecule has 1 fully saturated rings. The second kappa shape index (κ2) is 6.55. The summed E-state index contributed by atoms with van der Waals surface area (Å²) in [5.74, 6) is -0.231. The van der Waals surface area contributed by atoms with E-state index in [-0.39, 0.29) is 11.9 Å². The van der Waals surface area contributed by atoms with Gasteiger partial charge < -0.3 is 10.4 Å². The lowest BCUT2D eigenvalue weighted by Gasteiger charge is -2.24. The minimum absolute atomic E-state index is 0.231. The summed E-state index contributed by atoms with van der Waals surface area (Å²) in [5, 5.41) is 12.8. The van der Waals surface area contributed by atoms with E-state index in [4.69, 9.17) is 0 Å². The third-order valence-electron chi connectivity index (χ3n) is 3.53. The van der Waals surface area contributed by atoms with E-state index in [0.29, 0.717) is 6.42 Å². The average molecular weight is 247 g/mol. The van der Waals surface area contributed by atoms with Gasteiger partial charge in [-0.3, -0.25) is 4.79 Å². The van der Waals surface area contributed by atoms with Crippen molar-refractivity contribution in [3.05, 3.63) is 35.9 Å². The lowest BCUT2D eigenvalue weighted by molar-refractivity contribution is -0.130. The van der Waals surface area contributed by atoms with E-state index >= 15 is 0 Å². The molecule has 3 heteroatoms. The predicted octanol–water partition coefficient (Wildman–Crippen LogP) is 2.04. The maximum atomic E-state index is 11.9. The molecule has 98 valence electrons. The van der Waals surface area contributed by atoms with Gasteiger partial charge in [0.15, 0.2) is 0 Å². The SMILES string of the molecule is O=C(NC1CCCCC1)C(O)Cc1ccccc1. The third-order valence-corrected chi connectivity index (χ3v) is 3.53. The average Bonchev–Trinajstić information content (AvgIpc) is 2.41. The van der Waals surface area contributed by atoms with Crippen LogP contribution < -0.4 is 5.32 Å². The van der Waals surface area contributed by atoms with Gasteiger partial charge >= 0.3 is 0 Å². The fourth-order valence-corrected chi connectivity index (χ4v) is 2.47. The van der Waals surface area contributed by atoms with Gasteiger partial charge in [-0.2, -0.15) is 0 Å². The van der Waals surface area contributed by atoms with Crippen LogP contribution in [0.1, 0.15) is 37.7 Å². The molecular weight excluding hydrogens is 226 g/mol. The molecule has 0 aromatic heterocycles. The van der Waals surface area contributed by atoms with Gasteiger partial charge in [-0.1, -0.05) is 49.6 Å². The summed E-state index contributed by atoms with van der Waals surface area (Å²) in [6.45, 7) is 0. The summed E-state index contributed by atoms with van der Waals surface area (Å²) in [6.07, 6.45) is 5.17. The first-order valence-corrected chi connectivity index (χ1v) is 6.78. The Hall–Kier alpha value is -1.35. The first kappa shape index (κ1) is 13.1. The zero-order chi connectivity index (χ0) is 12.8. The standard InChI is InChI=1S/C15H21NO2/c17-14(11-12-7-3-1-4-8-12)15(18)16-13-9-5-2-6-10-13/h1,3-4,7-8,13-14,17H,2,5-6,9-11H2,(H,16,18). The molecular formula is C15H21NO2. The monoisotopic (exact) mass is 247 g/mol. The number of aliphatic hydroxyl groups excluding tert-OH is 1. The van der Waals surface area contributed by atoms with Crippen LogP contribution in [-0.4, -0.2) is 23.2 Å². The Labute approximate surface area is 108 Å². The van der Waals surface area contributed by atoms with Gasteiger partial charge in [-0.15, -0.1) is 0 Å². The van der Waals surface area contributed by atoms with Gasteiger partial charge in [-0.25, -0.2) is 0 Å². The number of hydrogen-bond acceptors (Lipinski definition) is 2. The Morgan fingerprint density at radius 1 is 1.22 bits per heavy atom. The minimum Gasteiger partial charge on any atom is -0.383 e. The van der Waals surface area contributed by atoms with Gasteiger partial charge in [0.1, 0.15) is 6.10 Å². The van der Waals surface area contributed by atoms with E-state index in [9.17, 15) is 9.90 Å². The normalized spacial score (nSPS) is 18.3. The molecule has 1 aromatic rings. The molecule has 2 N–H and O–H groups in total. The van der Waals surface area contributed by atoms with Crippen LogP contribution in [0.2, 0.25) is 0 Å². The Kier molecular flexibility index (Phi) is 4.76. The summed E-state index contributed by atoms with van der Waals surface area (Å²) in [4.78, 5) is 11.9. The highest BCUT2D eigenvalue weighted by Gasteiger charge is 2.20. The van der Waals surface area contributed by atoms with E-state index < -0.39 is 6.10 Å². The molecule has 0 saturated heterocycles. The van der Waals surface area contributed by atoms with Crippen LogP contribution in [0.15, 0.2) is 30.3 Å². The lowest BCUT2D eigenvalue weighted by atomic mass is 9.95. The van der Waals surface area contributed by atoms with Crippen LogP contribution in [0, 0.1) is 0 Å². The molecule has 3 nitrogen and oxygen atoms in total. The molecule has 1 aromatic carbocycles. The van der Waals surface area contributed by atoms with Crippen LogP contribution in [0.4, 0.5) is 0 Å². The van der Waals surface area contributed by atoms with Gasteiger partial charge in [0, 0.05) is 12.5 Å². The smallest absolute Gasteiger partial charge is 0.249 e. The fourth-order valence-electron chi connectivity index (χ4n) is 2.47. The Morgan fingerprint density at radius 2 is 1.89 bits per heavy atom. The maximum Gasteiger partial charge on any atom is 0.249 e. The first-order valence-electron chi connectivity index (χ1n) is 6.78. The molecule has 0 aliphatic heterocycles. The number of hydrogen-bond donors (Lipinski definition) is 2. The summed E-state index contributed by atoms with van der Waals surface area (Å²) in [5.41, 5.74) is 0.990. The zero-order valence-electron chi connectivity index (χ0n) is 10.6. The summed E-state index contributed by atoms with van der Waals surface area (Å²) in [6, 6.07) is 9.88. The first-order chi connectivity index (χ1) is 8.75. The molecule has 1 unspecified atom stereocenters. The molecule has 0 bridgehead atoms. The summed E-state index contributed by atoms with van der Waals surface area (Å²) in [7, 11) is 0. The van der Waals surface area contributed by atoms with Gasteiger partial charge in [0.25, 0.3) is 0 Å². The Morgan fingerprint density at radius 3 is 2.56 bits per heavy atom. The number of aliphatic hydroxyl groups is 1. The second-order valence-corrected chi connectivity index (χ2v) is 5.05. The van der Waals surface area contributed by atoms with E-state index in [0.717, 1.165) is 18.4 Å². The number of amides is 1. The molecule has 0 heterocycles. The zero-order valence-corrected chi connectivity index (χ0v) is 10.6. The maximum absolute atomic E-state index is 11.9. The van der Waals surface area contributed by atoms with Crippen LogP contribution >= 0.6 is 0 Å². The van der Waals surface area contributed by atoms with E-state index in [1.807, 2.05) is 30.3 Å². The number of carbonyl (C=O) groups excluding carboxylic acids is 1.